The number of nitrogens with zero attached hydrogens (tertiary/aromatic N) is 3. The monoisotopic (exact) mass is 454 g/mol. The molecule has 2 atom stereocenters. The zero-order chi connectivity index (χ0) is 22.5. The van der Waals surface area contributed by atoms with Crippen LogP contribution in [0.15, 0.2) is 35.5 Å². The number of aliphatic imine (C=N–C) groups is 1. The minimum absolute atomic E-state index is 0.0398. The van der Waals surface area contributed by atoms with Gasteiger partial charge in [0.05, 0.1) is 5.56 Å². The molecule has 32 heavy (non-hydrogen) atoms. The van der Waals surface area contributed by atoms with E-state index in [1.807, 2.05) is 19.1 Å². The summed E-state index contributed by atoms with van der Waals surface area (Å²) in [5, 5.41) is 3.56. The molecule has 3 heterocycles. The number of aromatic nitrogens is 1. The first-order chi connectivity index (χ1) is 15.3. The van der Waals surface area contributed by atoms with E-state index in [1.165, 1.54) is 45.2 Å². The van der Waals surface area contributed by atoms with E-state index < -0.39 is 9.73 Å². The van der Waals surface area contributed by atoms with Crippen LogP contribution in [-0.2, 0) is 16.1 Å². The van der Waals surface area contributed by atoms with E-state index in [9.17, 15) is 4.21 Å². The third-order valence-electron chi connectivity index (χ3n) is 7.05. The summed E-state index contributed by atoms with van der Waals surface area (Å²) in [6.45, 7) is 5.79. The van der Waals surface area contributed by atoms with E-state index in [-0.39, 0.29) is 6.17 Å². The smallest absolute Gasteiger partial charge is 0.132 e. The maximum absolute atomic E-state index is 11.8. The lowest BCUT2D eigenvalue weighted by atomic mass is 9.79. The molecular weight excluding hydrogens is 420 g/mol. The summed E-state index contributed by atoms with van der Waals surface area (Å²) in [5.74, 6) is 2.83. The van der Waals surface area contributed by atoms with E-state index in [0.717, 1.165) is 34.0 Å². The van der Waals surface area contributed by atoms with E-state index in [4.69, 9.17) is 10.5 Å². The minimum atomic E-state index is -2.50. The van der Waals surface area contributed by atoms with Gasteiger partial charge >= 0.3 is 0 Å². The number of fused-ring (bicyclic) bond motifs is 1. The fraction of sp³-hybridized carbons (Fsp3) is 0.542. The molecule has 0 radical (unpaired) electrons. The number of rotatable bonds is 7. The quantitative estimate of drug-likeness (QED) is 0.596. The fourth-order valence-corrected chi connectivity index (χ4v) is 5.78. The number of aryl methyl sites for hydroxylation is 1. The lowest BCUT2D eigenvalue weighted by molar-refractivity contribution is 0.0915. The molecule has 172 valence electrons. The lowest BCUT2D eigenvalue weighted by Gasteiger charge is -2.42. The first kappa shape index (κ1) is 21.5. The largest absolute Gasteiger partial charge is 0.383 e. The molecule has 1 aliphatic carbocycles. The van der Waals surface area contributed by atoms with Crippen molar-refractivity contribution < 1.29 is 4.21 Å². The first-order valence-electron chi connectivity index (χ1n) is 11.6. The predicted octanol–water partition coefficient (Wildman–Crippen LogP) is 3.51. The van der Waals surface area contributed by atoms with Gasteiger partial charge in [0.15, 0.2) is 0 Å². The van der Waals surface area contributed by atoms with Crippen LogP contribution in [0.25, 0.3) is 11.1 Å². The van der Waals surface area contributed by atoms with Gasteiger partial charge in [-0.25, -0.2) is 4.99 Å². The van der Waals surface area contributed by atoms with Gasteiger partial charge in [0.25, 0.3) is 0 Å². The number of nitrogens with one attached hydrogen (secondary N) is 2. The highest BCUT2D eigenvalue weighted by Crippen LogP contribution is 2.44. The van der Waals surface area contributed by atoms with Crippen molar-refractivity contribution in [2.24, 2.45) is 16.6 Å². The minimum Gasteiger partial charge on any atom is -0.383 e. The van der Waals surface area contributed by atoms with E-state index >= 15 is 0 Å². The number of hydrogen-bond acceptors (Lipinski definition) is 6. The van der Waals surface area contributed by atoms with Crippen molar-refractivity contribution in [3.8, 4) is 11.1 Å². The van der Waals surface area contributed by atoms with Crippen LogP contribution in [0, 0.1) is 10.7 Å². The predicted molar refractivity (Wildman–Crippen MR) is 132 cm³/mol. The average Bonchev–Trinajstić information content (AvgIpc) is 3.03. The summed E-state index contributed by atoms with van der Waals surface area (Å²) in [4.78, 5) is 7.16. The highest BCUT2D eigenvalue weighted by molar-refractivity contribution is 7.91. The second-order valence-corrected chi connectivity index (χ2v) is 12.2. The summed E-state index contributed by atoms with van der Waals surface area (Å²) < 4.78 is 21.9. The van der Waals surface area contributed by atoms with Crippen LogP contribution in [0.5, 0.6) is 0 Å². The maximum Gasteiger partial charge on any atom is 0.132 e. The molecule has 1 saturated heterocycles. The summed E-state index contributed by atoms with van der Waals surface area (Å²) in [5.41, 5.74) is 10.7. The van der Waals surface area contributed by atoms with Crippen molar-refractivity contribution in [3.05, 3.63) is 41.6 Å². The Balaban J connectivity index is 1.43. The Bertz CT molecular complexity index is 1140. The number of anilines is 1. The molecule has 2 aliphatic heterocycles. The molecule has 1 aromatic heterocycles. The van der Waals surface area contributed by atoms with Crippen LogP contribution in [0.4, 0.5) is 5.82 Å². The van der Waals surface area contributed by atoms with Gasteiger partial charge in [-0.15, -0.1) is 0 Å². The molecule has 5 rings (SSSR count). The molecule has 0 amide bonds. The normalized spacial score (nSPS) is 26.8. The van der Waals surface area contributed by atoms with Gasteiger partial charge in [-0.3, -0.25) is 8.99 Å². The van der Waals surface area contributed by atoms with Crippen LogP contribution >= 0.6 is 0 Å². The van der Waals surface area contributed by atoms with Crippen molar-refractivity contribution in [3.63, 3.8) is 0 Å². The molecule has 7 nitrogen and oxygen atoms in total. The molecule has 8 heteroatoms. The number of likely N-dealkylation sites (tertiary alicyclic amines) is 1. The Labute approximate surface area is 191 Å². The summed E-state index contributed by atoms with van der Waals surface area (Å²) in [6, 6.07) is 8.82. The van der Waals surface area contributed by atoms with E-state index in [1.54, 1.807) is 0 Å². The van der Waals surface area contributed by atoms with Crippen LogP contribution in [0.2, 0.25) is 0 Å². The molecule has 2 fully saturated rings. The first-order valence-corrected chi connectivity index (χ1v) is 13.8. The number of benzene rings is 1. The third kappa shape index (κ3) is 4.30. The fourth-order valence-electron chi connectivity index (χ4n) is 5.15. The molecule has 1 saturated carbocycles. The average molecular weight is 455 g/mol. The van der Waals surface area contributed by atoms with Gasteiger partial charge in [-0.05, 0) is 62.7 Å². The van der Waals surface area contributed by atoms with Gasteiger partial charge in [-0.1, -0.05) is 24.3 Å². The summed E-state index contributed by atoms with van der Waals surface area (Å²) in [7, 11) is -2.50. The zero-order valence-electron chi connectivity index (χ0n) is 19.0. The maximum atomic E-state index is 11.8. The lowest BCUT2D eigenvalue weighted by Crippen LogP contribution is -2.44. The van der Waals surface area contributed by atoms with Gasteiger partial charge in [0.2, 0.25) is 0 Å². The van der Waals surface area contributed by atoms with E-state index in [2.05, 4.69) is 38.1 Å². The molecule has 0 bridgehead atoms. The topological polar surface area (TPSA) is 99.5 Å². The summed E-state index contributed by atoms with van der Waals surface area (Å²) >= 11 is 0. The van der Waals surface area contributed by atoms with Crippen LogP contribution in [0.1, 0.15) is 43.4 Å². The molecule has 1 aromatic carbocycles. The van der Waals surface area contributed by atoms with Crippen molar-refractivity contribution in [1.29, 1.82) is 4.78 Å². The van der Waals surface area contributed by atoms with Crippen molar-refractivity contribution in [2.45, 2.75) is 44.8 Å². The summed E-state index contributed by atoms with van der Waals surface area (Å²) in [6.07, 6.45) is 8.11. The Kier molecular flexibility index (Phi) is 5.53. The highest BCUT2D eigenvalue weighted by Gasteiger charge is 2.36. The van der Waals surface area contributed by atoms with Gasteiger partial charge in [0.1, 0.15) is 17.8 Å². The Morgan fingerprint density at radius 3 is 2.78 bits per heavy atom. The molecule has 2 aromatic rings. The van der Waals surface area contributed by atoms with Crippen LogP contribution in [0.3, 0.4) is 0 Å². The van der Waals surface area contributed by atoms with Crippen molar-refractivity contribution >= 4 is 21.4 Å². The highest BCUT2D eigenvalue weighted by atomic mass is 32.2. The zero-order valence-corrected chi connectivity index (χ0v) is 19.8. The van der Waals surface area contributed by atoms with Gasteiger partial charge in [-0.2, -0.15) is 0 Å². The Morgan fingerprint density at radius 1 is 1.31 bits per heavy atom. The molecule has 0 spiro atoms. The molecule has 4 N–H and O–H groups in total. The third-order valence-corrected chi connectivity index (χ3v) is 8.04. The molecule has 2 unspecified atom stereocenters. The molecular formula is C24H34N6OS. The number of nitrogens with two attached hydrogens (primary N) is 1. The number of hydrogen-bond donors (Lipinski definition) is 3. The number of amidine groups is 1. The Morgan fingerprint density at radius 2 is 2.09 bits per heavy atom. The van der Waals surface area contributed by atoms with Gasteiger partial charge < -0.3 is 20.5 Å². The Hall–Kier alpha value is -2.32. The van der Waals surface area contributed by atoms with E-state index in [0.29, 0.717) is 24.1 Å². The van der Waals surface area contributed by atoms with Crippen molar-refractivity contribution in [1.82, 2.24) is 9.47 Å². The second kappa shape index (κ2) is 8.23. The second-order valence-electron chi connectivity index (χ2n) is 9.81. The SMILES string of the molecule is CC1N=C(N)c2c(-c3cccc(CCS(C)(=N)=O)c3)cn(C3CC(CN4CCC4)C3)c2N1. The van der Waals surface area contributed by atoms with Crippen LogP contribution < -0.4 is 11.1 Å². The standard InChI is InChI=1S/C24H34N6OS/c1-16-27-23(25)22-21(19-6-3-5-17(11-19)7-10-32(2,26)31)15-30(24(22)28-16)20-12-18(13-20)14-29-8-4-9-29/h3,5-6,11,15-16,18,20,26,28H,4,7-10,12-14H2,1-2H3,(H2,25,27). The molecule has 3 aliphatic rings. The van der Waals surface area contributed by atoms with Gasteiger partial charge in [0, 0.05) is 46.1 Å². The van der Waals surface area contributed by atoms with Crippen LogP contribution in [-0.4, -0.2) is 57.3 Å². The van der Waals surface area contributed by atoms with Crippen molar-refractivity contribution in [2.75, 3.05) is 37.0 Å².